The molecule has 306 valence electrons. The number of urea groups is 1. The van der Waals surface area contributed by atoms with Crippen LogP contribution in [0.2, 0.25) is 0 Å². The summed E-state index contributed by atoms with van der Waals surface area (Å²) in [6, 6.07) is 8.78. The molecule has 4 fully saturated rings. The fourth-order valence-electron chi connectivity index (χ4n) is 8.65. The number of benzene rings is 2. The van der Waals surface area contributed by atoms with Crippen LogP contribution in [0.1, 0.15) is 75.5 Å². The van der Waals surface area contributed by atoms with Crippen molar-refractivity contribution in [2.24, 2.45) is 5.92 Å². The summed E-state index contributed by atoms with van der Waals surface area (Å²) in [7, 11) is 0. The van der Waals surface area contributed by atoms with Crippen LogP contribution in [0.5, 0.6) is 0 Å². The van der Waals surface area contributed by atoms with Gasteiger partial charge < -0.3 is 41.1 Å². The first-order valence-corrected chi connectivity index (χ1v) is 20.1. The zero-order chi connectivity index (χ0) is 41.0. The molecule has 1 unspecified atom stereocenters. The number of aryl methyl sites for hydroxylation is 2. The zero-order valence-corrected chi connectivity index (χ0v) is 33.2. The molecule has 7 amide bonds. The highest BCUT2D eigenvalue weighted by Crippen LogP contribution is 2.48. The summed E-state index contributed by atoms with van der Waals surface area (Å²) >= 11 is 0. The average molecular weight is 786 g/mol. The molecule has 57 heavy (non-hydrogen) atoms. The Balaban J connectivity index is 1.11. The maximum Gasteiger partial charge on any atom is 0.319 e. The van der Waals surface area contributed by atoms with Crippen LogP contribution in [0.15, 0.2) is 48.5 Å². The molecule has 1 aliphatic carbocycles. The van der Waals surface area contributed by atoms with Crippen molar-refractivity contribution in [1.82, 2.24) is 30.7 Å². The number of anilines is 1. The monoisotopic (exact) mass is 785 g/mol. The number of rotatable bonds is 12. The summed E-state index contributed by atoms with van der Waals surface area (Å²) < 4.78 is 0. The molecule has 3 heterocycles. The van der Waals surface area contributed by atoms with Gasteiger partial charge in [-0.15, -0.1) is 0 Å². The van der Waals surface area contributed by atoms with Crippen LogP contribution in [-0.2, 0) is 35.2 Å². The van der Waals surface area contributed by atoms with Crippen molar-refractivity contribution in [3.63, 3.8) is 0 Å². The maximum atomic E-state index is 14.2. The van der Waals surface area contributed by atoms with Gasteiger partial charge in [-0.25, -0.2) is 4.79 Å². The van der Waals surface area contributed by atoms with Crippen LogP contribution in [-0.4, -0.2) is 123 Å². The third kappa shape index (κ3) is 9.30. The van der Waals surface area contributed by atoms with Crippen molar-refractivity contribution >= 4 is 47.0 Å². The van der Waals surface area contributed by atoms with Crippen molar-refractivity contribution in [2.75, 3.05) is 31.6 Å². The Labute approximate surface area is 333 Å². The average Bonchev–Trinajstić information content (AvgIpc) is 3.47. The van der Waals surface area contributed by atoms with Gasteiger partial charge in [0.1, 0.15) is 35.7 Å². The molecule has 0 bridgehead atoms. The van der Waals surface area contributed by atoms with Crippen molar-refractivity contribution in [1.29, 1.82) is 0 Å². The van der Waals surface area contributed by atoms with E-state index in [1.165, 1.54) is 9.80 Å². The number of amides is 7. The summed E-state index contributed by atoms with van der Waals surface area (Å²) in [5.74, 6) is -2.32. The van der Waals surface area contributed by atoms with E-state index in [4.69, 9.17) is 0 Å². The van der Waals surface area contributed by atoms with Gasteiger partial charge in [0.05, 0.1) is 6.61 Å². The van der Waals surface area contributed by atoms with E-state index in [-0.39, 0.29) is 37.1 Å². The van der Waals surface area contributed by atoms with Gasteiger partial charge in [0.2, 0.25) is 29.5 Å². The lowest BCUT2D eigenvalue weighted by atomic mass is 9.99. The molecule has 15 heteroatoms. The Morgan fingerprint density at radius 1 is 0.842 bits per heavy atom. The lowest BCUT2D eigenvalue weighted by Gasteiger charge is -2.39. The van der Waals surface area contributed by atoms with E-state index in [2.05, 4.69) is 21.3 Å². The highest BCUT2D eigenvalue weighted by atomic mass is 16.3. The van der Waals surface area contributed by atoms with Crippen LogP contribution >= 0.6 is 0 Å². The predicted molar refractivity (Wildman–Crippen MR) is 211 cm³/mol. The first-order valence-electron chi connectivity index (χ1n) is 20.1. The fraction of sp³-hybridized carbons (Fsp3) is 0.548. The number of hydrogen-bond acceptors (Lipinski definition) is 8. The second-order valence-electron chi connectivity index (χ2n) is 16.3. The minimum atomic E-state index is -1.41. The largest absolute Gasteiger partial charge is 0.394 e. The second-order valence-corrected chi connectivity index (χ2v) is 16.3. The van der Waals surface area contributed by atoms with Crippen molar-refractivity contribution < 1.29 is 38.7 Å². The van der Waals surface area contributed by atoms with Crippen LogP contribution in [0.25, 0.3) is 0 Å². The minimum Gasteiger partial charge on any atom is -0.394 e. The van der Waals surface area contributed by atoms with Gasteiger partial charge in [-0.2, -0.15) is 0 Å². The molecule has 3 saturated heterocycles. The molecule has 15 nitrogen and oxygen atoms in total. The quantitative estimate of drug-likeness (QED) is 0.215. The summed E-state index contributed by atoms with van der Waals surface area (Å²) in [4.78, 5) is 99.1. The molecular formula is C42H55N7O8. The van der Waals surface area contributed by atoms with Crippen LogP contribution in [0.4, 0.5) is 10.5 Å². The Morgan fingerprint density at radius 3 is 2.23 bits per heavy atom. The van der Waals surface area contributed by atoms with E-state index in [9.17, 15) is 38.7 Å². The highest BCUT2D eigenvalue weighted by Gasteiger charge is 2.63. The number of piperidine rings is 1. The number of likely N-dealkylation sites (tertiary alicyclic amines) is 3. The smallest absolute Gasteiger partial charge is 0.319 e. The minimum absolute atomic E-state index is 0.0430. The Kier molecular flexibility index (Phi) is 12.7. The number of aliphatic hydroxyl groups is 1. The number of aliphatic hydroxyl groups excluding tert-OH is 1. The van der Waals surface area contributed by atoms with Gasteiger partial charge in [0.15, 0.2) is 5.78 Å². The maximum absolute atomic E-state index is 14.2. The second kappa shape index (κ2) is 17.5. The zero-order valence-electron chi connectivity index (χ0n) is 33.2. The van der Waals surface area contributed by atoms with E-state index in [1.807, 2.05) is 57.2 Å². The number of nitrogens with zero attached hydrogens (tertiary/aromatic N) is 3. The molecule has 0 radical (unpaired) electrons. The molecule has 7 atom stereocenters. The standard InChI is InChI=1S/C42H55N7O8/c1-25-13-15-30(16-14-25)44-41(57)46-31(20-29-10-7-9-26(2)19-29)36(52)45-32(24-50)39(55)48-18-8-12-34(48)40(56)47-17-6-5-11-33(47)37(53)43-28(4)38(54)49-23-27(3)21-42(49)22-35(42)51/h7,9-10,13-16,19,27-28,31-34,50H,5-6,8,11-12,17-18,20-24H2,1-4H3,(H,43,53)(H,45,52)(H2,44,46,57)/t27-,28+,31+,32+,33+,34+,42?/m1/s1. The predicted octanol–water partition coefficient (Wildman–Crippen LogP) is 1.97. The lowest BCUT2D eigenvalue weighted by Crippen LogP contribution is -2.61. The van der Waals surface area contributed by atoms with Gasteiger partial charge in [-0.3, -0.25) is 28.8 Å². The van der Waals surface area contributed by atoms with Gasteiger partial charge in [0, 0.05) is 38.2 Å². The third-order valence-electron chi connectivity index (χ3n) is 11.7. The molecular weight excluding hydrogens is 731 g/mol. The molecule has 0 aromatic heterocycles. The van der Waals surface area contributed by atoms with Gasteiger partial charge in [0.25, 0.3) is 0 Å². The molecule has 3 aliphatic heterocycles. The van der Waals surface area contributed by atoms with Crippen LogP contribution in [0.3, 0.4) is 0 Å². The molecule has 1 saturated carbocycles. The lowest BCUT2D eigenvalue weighted by molar-refractivity contribution is -0.151. The fourth-order valence-corrected chi connectivity index (χ4v) is 8.65. The first-order chi connectivity index (χ1) is 27.2. The topological polar surface area (TPSA) is 198 Å². The number of nitrogens with one attached hydrogen (secondary N) is 4. The van der Waals surface area contributed by atoms with E-state index in [1.54, 1.807) is 24.0 Å². The number of ketones is 1. The molecule has 2 aromatic carbocycles. The van der Waals surface area contributed by atoms with Crippen LogP contribution in [0, 0.1) is 19.8 Å². The third-order valence-corrected chi connectivity index (χ3v) is 11.7. The Morgan fingerprint density at radius 2 is 1.54 bits per heavy atom. The Hall–Kier alpha value is -5.31. The Bertz CT molecular complexity index is 1890. The van der Waals surface area contributed by atoms with Gasteiger partial charge >= 0.3 is 6.03 Å². The van der Waals surface area contributed by atoms with Crippen molar-refractivity contribution in [3.8, 4) is 0 Å². The normalized spacial score (nSPS) is 24.4. The van der Waals surface area contributed by atoms with Crippen molar-refractivity contribution in [2.45, 2.75) is 115 Å². The van der Waals surface area contributed by atoms with Gasteiger partial charge in [-0.1, -0.05) is 54.4 Å². The van der Waals surface area contributed by atoms with E-state index >= 15 is 0 Å². The van der Waals surface area contributed by atoms with Gasteiger partial charge in [-0.05, 0) is 82.9 Å². The van der Waals surface area contributed by atoms with E-state index < -0.39 is 72.0 Å². The number of Topliss-reactive ketones (excluding diaryl/α,β-unsaturated/α-hetero) is 1. The summed E-state index contributed by atoms with van der Waals surface area (Å²) in [6.45, 7) is 7.62. The first kappa shape index (κ1) is 41.3. The van der Waals surface area contributed by atoms with Crippen LogP contribution < -0.4 is 21.3 Å². The molecule has 6 rings (SSSR count). The number of carbonyl (C=O) groups is 7. The number of carbonyl (C=O) groups excluding carboxylic acids is 7. The van der Waals surface area contributed by atoms with E-state index in [0.717, 1.165) is 16.7 Å². The summed E-state index contributed by atoms with van der Waals surface area (Å²) in [5.41, 5.74) is 2.52. The molecule has 2 aromatic rings. The summed E-state index contributed by atoms with van der Waals surface area (Å²) in [5, 5.41) is 21.3. The number of hydrogen-bond donors (Lipinski definition) is 5. The summed E-state index contributed by atoms with van der Waals surface area (Å²) in [6.07, 6.45) is 3.61. The van der Waals surface area contributed by atoms with E-state index in [0.29, 0.717) is 57.2 Å². The molecule has 5 N–H and O–H groups in total. The highest BCUT2D eigenvalue weighted by molar-refractivity contribution is 6.09. The molecule has 4 aliphatic rings. The SMILES string of the molecule is Cc1ccc(NC(=O)N[C@@H](Cc2cccc(C)c2)C(=O)N[C@@H](CO)C(=O)N2CCC[C@H]2C(=O)N2CCCC[C@H]2C(=O)N[C@@H](C)C(=O)N2C[C@H](C)CC23CC3=O)cc1. The molecule has 1 spiro atoms. The van der Waals surface area contributed by atoms with Crippen molar-refractivity contribution in [3.05, 3.63) is 65.2 Å².